The number of aromatic nitrogens is 3. The van der Waals surface area contributed by atoms with Gasteiger partial charge in [-0.3, -0.25) is 9.59 Å². The quantitative estimate of drug-likeness (QED) is 0.373. The second kappa shape index (κ2) is 11.6. The fraction of sp³-hybridized carbons (Fsp3) is 0.346. The van der Waals surface area contributed by atoms with Gasteiger partial charge in [0.2, 0.25) is 11.8 Å². The number of nitrogens with zero attached hydrogens (tertiary/aromatic N) is 3. The second-order valence-electron chi connectivity index (χ2n) is 8.82. The molecule has 10 nitrogen and oxygen atoms in total. The van der Waals surface area contributed by atoms with Crippen LogP contribution in [-0.2, 0) is 34.0 Å². The lowest BCUT2D eigenvalue weighted by Crippen LogP contribution is -2.37. The van der Waals surface area contributed by atoms with Gasteiger partial charge in [-0.15, -0.1) is 5.10 Å². The van der Waals surface area contributed by atoms with E-state index in [1.54, 1.807) is 18.3 Å². The first-order valence-corrected chi connectivity index (χ1v) is 11.9. The molecule has 4 N–H and O–H groups in total. The van der Waals surface area contributed by atoms with Crippen LogP contribution in [0, 0.1) is 0 Å². The van der Waals surface area contributed by atoms with Crippen molar-refractivity contribution < 1.29 is 24.2 Å². The zero-order valence-electron chi connectivity index (χ0n) is 19.8. The van der Waals surface area contributed by atoms with E-state index in [9.17, 15) is 19.5 Å². The second-order valence-corrected chi connectivity index (χ2v) is 8.82. The standard InChI is InChI=1S/C26H29N5O5/c27-24(32)13-12-23(31-14-18(29-30-31)16-36-15-17-6-2-1-3-7-17)25(33)28-22-11-5-8-19-20(22)9-4-10-21(19)26(34)35/h1-4,6-7,9-10,14,22-23H,5,8,11-13,15-16H2,(H2,27,32)(H,28,33)(H,34,35)/t22?,23-/m0/s1. The van der Waals surface area contributed by atoms with Crippen molar-refractivity contribution in [1.82, 2.24) is 20.3 Å². The third kappa shape index (κ3) is 6.14. The number of carboxylic acids is 1. The Morgan fingerprint density at radius 3 is 2.69 bits per heavy atom. The van der Waals surface area contributed by atoms with Gasteiger partial charge in [0.15, 0.2) is 0 Å². The topological polar surface area (TPSA) is 149 Å². The van der Waals surface area contributed by atoms with Gasteiger partial charge in [0.1, 0.15) is 11.7 Å². The van der Waals surface area contributed by atoms with Gasteiger partial charge in [0.05, 0.1) is 31.0 Å². The predicted octanol–water partition coefficient (Wildman–Crippen LogP) is 2.69. The molecule has 1 heterocycles. The summed E-state index contributed by atoms with van der Waals surface area (Å²) in [6.07, 6.45) is 3.87. The van der Waals surface area contributed by atoms with Crippen LogP contribution < -0.4 is 11.1 Å². The zero-order chi connectivity index (χ0) is 25.5. The van der Waals surface area contributed by atoms with Crippen LogP contribution in [-0.4, -0.2) is 37.9 Å². The summed E-state index contributed by atoms with van der Waals surface area (Å²) in [4.78, 5) is 36.5. The summed E-state index contributed by atoms with van der Waals surface area (Å²) in [5.74, 6) is -1.84. The lowest BCUT2D eigenvalue weighted by Gasteiger charge is -2.29. The number of carbonyl (C=O) groups is 3. The van der Waals surface area contributed by atoms with Crippen molar-refractivity contribution >= 4 is 17.8 Å². The summed E-state index contributed by atoms with van der Waals surface area (Å²) in [6.45, 7) is 0.631. The van der Waals surface area contributed by atoms with Gasteiger partial charge >= 0.3 is 5.97 Å². The van der Waals surface area contributed by atoms with Crippen molar-refractivity contribution in [2.45, 2.75) is 57.4 Å². The summed E-state index contributed by atoms with van der Waals surface area (Å²) in [7, 11) is 0. The normalized spacial score (nSPS) is 15.6. The van der Waals surface area contributed by atoms with Crippen LogP contribution in [0.5, 0.6) is 0 Å². The number of hydrogen-bond acceptors (Lipinski definition) is 6. The molecule has 0 saturated heterocycles. The first kappa shape index (κ1) is 25.1. The number of aromatic carboxylic acids is 1. The Balaban J connectivity index is 1.46. The molecule has 1 unspecified atom stereocenters. The fourth-order valence-electron chi connectivity index (χ4n) is 4.51. The maximum Gasteiger partial charge on any atom is 0.335 e. The number of carboxylic acid groups (broad SMARTS) is 1. The Labute approximate surface area is 208 Å². The van der Waals surface area contributed by atoms with Crippen LogP contribution >= 0.6 is 0 Å². The molecule has 4 rings (SSSR count). The molecule has 2 atom stereocenters. The van der Waals surface area contributed by atoms with Crippen molar-refractivity contribution in [2.75, 3.05) is 0 Å². The highest BCUT2D eigenvalue weighted by Crippen LogP contribution is 2.32. The van der Waals surface area contributed by atoms with Crippen molar-refractivity contribution in [2.24, 2.45) is 5.73 Å². The Bertz CT molecular complexity index is 1230. The Hall–Kier alpha value is -4.05. The highest BCUT2D eigenvalue weighted by atomic mass is 16.5. The van der Waals surface area contributed by atoms with Gasteiger partial charge in [-0.2, -0.15) is 0 Å². The summed E-state index contributed by atoms with van der Waals surface area (Å²) >= 11 is 0. The maximum absolute atomic E-state index is 13.4. The zero-order valence-corrected chi connectivity index (χ0v) is 19.8. The molecule has 2 aromatic carbocycles. The summed E-state index contributed by atoms with van der Waals surface area (Å²) in [5, 5.41) is 20.8. The number of carbonyl (C=O) groups excluding carboxylic acids is 2. The lowest BCUT2D eigenvalue weighted by atomic mass is 9.84. The van der Waals surface area contributed by atoms with Crippen molar-refractivity contribution in [3.8, 4) is 0 Å². The number of hydrogen-bond donors (Lipinski definition) is 3. The Kier molecular flexibility index (Phi) is 8.06. The van der Waals surface area contributed by atoms with E-state index < -0.39 is 17.9 Å². The molecule has 36 heavy (non-hydrogen) atoms. The van der Waals surface area contributed by atoms with E-state index in [2.05, 4.69) is 15.6 Å². The molecular weight excluding hydrogens is 462 g/mol. The Morgan fingerprint density at radius 1 is 1.14 bits per heavy atom. The number of primary amides is 1. The molecule has 10 heteroatoms. The Morgan fingerprint density at radius 2 is 1.94 bits per heavy atom. The molecule has 1 aliphatic carbocycles. The van der Waals surface area contributed by atoms with Crippen LogP contribution in [0.25, 0.3) is 0 Å². The number of amides is 2. The van der Waals surface area contributed by atoms with E-state index in [1.165, 1.54) is 4.68 Å². The van der Waals surface area contributed by atoms with Crippen LogP contribution in [0.3, 0.4) is 0 Å². The fourth-order valence-corrected chi connectivity index (χ4v) is 4.51. The summed E-state index contributed by atoms with van der Waals surface area (Å²) in [5.41, 5.74) is 8.73. The summed E-state index contributed by atoms with van der Waals surface area (Å²) in [6, 6.07) is 13.7. The van der Waals surface area contributed by atoms with Crippen molar-refractivity contribution in [3.63, 3.8) is 0 Å². The number of benzene rings is 2. The minimum atomic E-state index is -0.984. The first-order chi connectivity index (χ1) is 17.4. The van der Waals surface area contributed by atoms with E-state index in [-0.39, 0.29) is 37.0 Å². The minimum Gasteiger partial charge on any atom is -0.478 e. The summed E-state index contributed by atoms with van der Waals surface area (Å²) < 4.78 is 7.14. The molecule has 1 aromatic heterocycles. The third-order valence-corrected chi connectivity index (χ3v) is 6.26. The van der Waals surface area contributed by atoms with Gasteiger partial charge in [0.25, 0.3) is 0 Å². The van der Waals surface area contributed by atoms with E-state index in [1.807, 2.05) is 36.4 Å². The number of rotatable bonds is 11. The molecule has 0 fully saturated rings. The molecule has 188 valence electrons. The number of fused-ring (bicyclic) bond motifs is 1. The monoisotopic (exact) mass is 491 g/mol. The van der Waals surface area contributed by atoms with Crippen LogP contribution in [0.4, 0.5) is 0 Å². The van der Waals surface area contributed by atoms with E-state index in [0.717, 1.165) is 23.1 Å². The molecule has 0 bridgehead atoms. The van der Waals surface area contributed by atoms with Crippen LogP contribution in [0.15, 0.2) is 54.7 Å². The highest BCUT2D eigenvalue weighted by Gasteiger charge is 2.29. The van der Waals surface area contributed by atoms with Crippen LogP contribution in [0.2, 0.25) is 0 Å². The average molecular weight is 492 g/mol. The van der Waals surface area contributed by atoms with Gasteiger partial charge < -0.3 is 20.9 Å². The molecule has 0 saturated carbocycles. The number of nitrogens with two attached hydrogens (primary N) is 1. The molecule has 0 radical (unpaired) electrons. The largest absolute Gasteiger partial charge is 0.478 e. The van der Waals surface area contributed by atoms with Gasteiger partial charge in [-0.25, -0.2) is 9.48 Å². The van der Waals surface area contributed by atoms with Crippen LogP contribution in [0.1, 0.15) is 70.5 Å². The smallest absolute Gasteiger partial charge is 0.335 e. The molecule has 3 aromatic rings. The highest BCUT2D eigenvalue weighted by molar-refractivity contribution is 5.90. The molecule has 0 spiro atoms. The molecule has 2 amide bonds. The average Bonchev–Trinajstić information content (AvgIpc) is 3.33. The number of ether oxygens (including phenoxy) is 1. The van der Waals surface area contributed by atoms with E-state index >= 15 is 0 Å². The molecular formula is C26H29N5O5. The lowest BCUT2D eigenvalue weighted by molar-refractivity contribution is -0.126. The van der Waals surface area contributed by atoms with Gasteiger partial charge in [-0.1, -0.05) is 47.7 Å². The number of nitrogens with one attached hydrogen (secondary N) is 1. The van der Waals surface area contributed by atoms with E-state index in [0.29, 0.717) is 25.1 Å². The molecule has 0 aliphatic heterocycles. The maximum atomic E-state index is 13.4. The first-order valence-electron chi connectivity index (χ1n) is 11.9. The van der Waals surface area contributed by atoms with Gasteiger partial charge in [0, 0.05) is 6.42 Å². The SMILES string of the molecule is NC(=O)CC[C@@H](C(=O)NC1CCCc2c(C(=O)O)cccc21)n1cc(COCc2ccccc2)nn1. The molecule has 1 aliphatic rings. The predicted molar refractivity (Wildman–Crippen MR) is 130 cm³/mol. The van der Waals surface area contributed by atoms with Gasteiger partial charge in [-0.05, 0) is 48.4 Å². The minimum absolute atomic E-state index is 0.00219. The van der Waals surface area contributed by atoms with Crippen molar-refractivity contribution in [3.05, 3.63) is 82.7 Å². The van der Waals surface area contributed by atoms with E-state index in [4.69, 9.17) is 10.5 Å². The van der Waals surface area contributed by atoms with Crippen molar-refractivity contribution in [1.29, 1.82) is 0 Å². The third-order valence-electron chi connectivity index (χ3n) is 6.26.